The number of anilines is 1. The summed E-state index contributed by atoms with van der Waals surface area (Å²) in [6.07, 6.45) is 3.20. The molecule has 82 valence electrons. The normalized spacial score (nSPS) is 10.1. The zero-order chi connectivity index (χ0) is 11.3. The van der Waals surface area contributed by atoms with Crippen LogP contribution in [0.3, 0.4) is 0 Å². The molecule has 0 saturated heterocycles. The standard InChI is InChI=1S/C11H17N3O/c1-5-6-15-11-9(8(2)3)10(12-4)13-7-14-11/h5,7-8H,1,6H2,2-4H3,(H,12,13,14). The van der Waals surface area contributed by atoms with Crippen molar-refractivity contribution in [3.8, 4) is 5.88 Å². The van der Waals surface area contributed by atoms with Crippen molar-refractivity contribution < 1.29 is 4.74 Å². The quantitative estimate of drug-likeness (QED) is 0.752. The molecule has 0 unspecified atom stereocenters. The topological polar surface area (TPSA) is 47.0 Å². The Labute approximate surface area is 90.4 Å². The van der Waals surface area contributed by atoms with Crippen molar-refractivity contribution in [2.24, 2.45) is 0 Å². The molecule has 0 aromatic carbocycles. The van der Waals surface area contributed by atoms with Gasteiger partial charge in [0.2, 0.25) is 5.88 Å². The van der Waals surface area contributed by atoms with Gasteiger partial charge in [0.25, 0.3) is 0 Å². The van der Waals surface area contributed by atoms with E-state index in [-0.39, 0.29) is 0 Å². The molecule has 4 heteroatoms. The minimum absolute atomic E-state index is 0.313. The molecule has 0 radical (unpaired) electrons. The molecule has 0 spiro atoms. The maximum atomic E-state index is 5.48. The number of ether oxygens (including phenoxy) is 1. The highest BCUT2D eigenvalue weighted by atomic mass is 16.5. The highest BCUT2D eigenvalue weighted by Crippen LogP contribution is 2.29. The van der Waals surface area contributed by atoms with Crippen LogP contribution in [0.5, 0.6) is 5.88 Å². The monoisotopic (exact) mass is 207 g/mol. The highest BCUT2D eigenvalue weighted by molar-refractivity contribution is 5.50. The van der Waals surface area contributed by atoms with Gasteiger partial charge >= 0.3 is 0 Å². The third kappa shape index (κ3) is 2.68. The van der Waals surface area contributed by atoms with Crippen LogP contribution in [-0.4, -0.2) is 23.6 Å². The van der Waals surface area contributed by atoms with Crippen molar-refractivity contribution in [1.82, 2.24) is 9.97 Å². The molecule has 0 aliphatic carbocycles. The van der Waals surface area contributed by atoms with Crippen LogP contribution in [0, 0.1) is 0 Å². The molecule has 1 aromatic heterocycles. The van der Waals surface area contributed by atoms with Crippen LogP contribution in [0.15, 0.2) is 19.0 Å². The predicted molar refractivity (Wildman–Crippen MR) is 61.4 cm³/mol. The second kappa shape index (κ2) is 5.34. The molecule has 0 fully saturated rings. The summed E-state index contributed by atoms with van der Waals surface area (Å²) >= 11 is 0. The molecular formula is C11H17N3O. The number of hydrogen-bond acceptors (Lipinski definition) is 4. The Hall–Kier alpha value is -1.58. The first-order valence-corrected chi connectivity index (χ1v) is 4.97. The molecule has 15 heavy (non-hydrogen) atoms. The van der Waals surface area contributed by atoms with Gasteiger partial charge in [-0.3, -0.25) is 0 Å². The van der Waals surface area contributed by atoms with Gasteiger partial charge in [-0.2, -0.15) is 0 Å². The van der Waals surface area contributed by atoms with Crippen molar-refractivity contribution in [1.29, 1.82) is 0 Å². The fraction of sp³-hybridized carbons (Fsp3) is 0.455. The molecule has 0 amide bonds. The van der Waals surface area contributed by atoms with E-state index in [1.165, 1.54) is 6.33 Å². The van der Waals surface area contributed by atoms with Gasteiger partial charge < -0.3 is 10.1 Å². The third-order valence-corrected chi connectivity index (χ3v) is 2.00. The number of nitrogens with zero attached hydrogens (tertiary/aromatic N) is 2. The maximum absolute atomic E-state index is 5.48. The van der Waals surface area contributed by atoms with Gasteiger partial charge in [0.05, 0.1) is 5.56 Å². The molecule has 1 heterocycles. The van der Waals surface area contributed by atoms with Gasteiger partial charge in [0, 0.05) is 7.05 Å². The average molecular weight is 207 g/mol. The fourth-order valence-electron chi connectivity index (χ4n) is 1.35. The summed E-state index contributed by atoms with van der Waals surface area (Å²) in [4.78, 5) is 8.28. The summed E-state index contributed by atoms with van der Waals surface area (Å²) in [6, 6.07) is 0. The SMILES string of the molecule is C=CCOc1ncnc(NC)c1C(C)C. The number of nitrogens with one attached hydrogen (secondary N) is 1. The van der Waals surface area contributed by atoms with E-state index < -0.39 is 0 Å². The van der Waals surface area contributed by atoms with E-state index in [4.69, 9.17) is 4.74 Å². The largest absolute Gasteiger partial charge is 0.473 e. The Morgan fingerprint density at radius 3 is 2.80 bits per heavy atom. The molecule has 0 aliphatic rings. The summed E-state index contributed by atoms with van der Waals surface area (Å²) < 4.78 is 5.48. The van der Waals surface area contributed by atoms with E-state index >= 15 is 0 Å². The van der Waals surface area contributed by atoms with E-state index in [9.17, 15) is 0 Å². The third-order valence-electron chi connectivity index (χ3n) is 2.00. The second-order valence-corrected chi connectivity index (χ2v) is 3.45. The van der Waals surface area contributed by atoms with Crippen LogP contribution in [-0.2, 0) is 0 Å². The van der Waals surface area contributed by atoms with Crippen LogP contribution in [0.25, 0.3) is 0 Å². The summed E-state index contributed by atoms with van der Waals surface area (Å²) in [5.74, 6) is 1.76. The lowest BCUT2D eigenvalue weighted by Crippen LogP contribution is -2.06. The van der Waals surface area contributed by atoms with Gasteiger partial charge in [-0.25, -0.2) is 9.97 Å². The van der Waals surface area contributed by atoms with E-state index in [1.807, 2.05) is 7.05 Å². The fourth-order valence-corrected chi connectivity index (χ4v) is 1.35. The van der Waals surface area contributed by atoms with Crippen LogP contribution in [0.4, 0.5) is 5.82 Å². The van der Waals surface area contributed by atoms with Gasteiger partial charge in [-0.15, -0.1) is 0 Å². The lowest BCUT2D eigenvalue weighted by Gasteiger charge is -2.14. The van der Waals surface area contributed by atoms with E-state index in [2.05, 4.69) is 35.7 Å². The van der Waals surface area contributed by atoms with Crippen molar-refractivity contribution >= 4 is 5.82 Å². The second-order valence-electron chi connectivity index (χ2n) is 3.45. The molecule has 4 nitrogen and oxygen atoms in total. The zero-order valence-electron chi connectivity index (χ0n) is 9.45. The first kappa shape index (κ1) is 11.5. The van der Waals surface area contributed by atoms with E-state index in [0.717, 1.165) is 11.4 Å². The van der Waals surface area contributed by atoms with Crippen molar-refractivity contribution in [3.05, 3.63) is 24.5 Å². The molecule has 0 saturated carbocycles. The van der Waals surface area contributed by atoms with Crippen molar-refractivity contribution in [2.45, 2.75) is 19.8 Å². The average Bonchev–Trinajstić information content (AvgIpc) is 2.25. The molecule has 0 atom stereocenters. The smallest absolute Gasteiger partial charge is 0.222 e. The van der Waals surface area contributed by atoms with Crippen LogP contribution < -0.4 is 10.1 Å². The van der Waals surface area contributed by atoms with Gasteiger partial charge in [0.15, 0.2) is 0 Å². The Kier molecular flexibility index (Phi) is 4.09. The van der Waals surface area contributed by atoms with E-state index in [0.29, 0.717) is 18.4 Å². The minimum Gasteiger partial charge on any atom is -0.473 e. The van der Waals surface area contributed by atoms with Gasteiger partial charge in [-0.1, -0.05) is 26.5 Å². The molecule has 1 aromatic rings. The van der Waals surface area contributed by atoms with Gasteiger partial charge in [0.1, 0.15) is 18.8 Å². The molecule has 0 bridgehead atoms. The lowest BCUT2D eigenvalue weighted by atomic mass is 10.1. The summed E-state index contributed by atoms with van der Waals surface area (Å²) in [5.41, 5.74) is 1.00. The number of rotatable bonds is 5. The molecular weight excluding hydrogens is 190 g/mol. The van der Waals surface area contributed by atoms with Crippen molar-refractivity contribution in [3.63, 3.8) is 0 Å². The van der Waals surface area contributed by atoms with Crippen LogP contribution in [0.2, 0.25) is 0 Å². The minimum atomic E-state index is 0.313. The van der Waals surface area contributed by atoms with Crippen LogP contribution >= 0.6 is 0 Å². The van der Waals surface area contributed by atoms with Gasteiger partial charge in [-0.05, 0) is 5.92 Å². The number of hydrogen-bond donors (Lipinski definition) is 1. The first-order chi connectivity index (χ1) is 7.20. The van der Waals surface area contributed by atoms with Crippen LogP contribution in [0.1, 0.15) is 25.3 Å². The highest BCUT2D eigenvalue weighted by Gasteiger charge is 2.14. The Bertz CT molecular complexity index is 337. The Morgan fingerprint density at radius 2 is 2.27 bits per heavy atom. The number of aromatic nitrogens is 2. The summed E-state index contributed by atoms with van der Waals surface area (Å²) in [5, 5.41) is 3.04. The zero-order valence-corrected chi connectivity index (χ0v) is 9.45. The maximum Gasteiger partial charge on any atom is 0.222 e. The van der Waals surface area contributed by atoms with Crippen molar-refractivity contribution in [2.75, 3.05) is 19.0 Å². The van der Waals surface area contributed by atoms with E-state index in [1.54, 1.807) is 6.08 Å². The predicted octanol–water partition coefficient (Wildman–Crippen LogP) is 2.21. The molecule has 1 N–H and O–H groups in total. The molecule has 1 rings (SSSR count). The summed E-state index contributed by atoms with van der Waals surface area (Å²) in [7, 11) is 1.84. The first-order valence-electron chi connectivity index (χ1n) is 4.97. The Balaban J connectivity index is 3.07. The lowest BCUT2D eigenvalue weighted by molar-refractivity contribution is 0.342. The Morgan fingerprint density at radius 1 is 1.53 bits per heavy atom. The summed E-state index contributed by atoms with van der Waals surface area (Å²) in [6.45, 7) is 8.23. The molecule has 0 aliphatic heterocycles.